The number of amides is 2. The number of benzene rings is 1. The summed E-state index contributed by atoms with van der Waals surface area (Å²) in [7, 11) is 1.86. The lowest BCUT2D eigenvalue weighted by Crippen LogP contribution is -2.33. The van der Waals surface area contributed by atoms with E-state index in [1.165, 1.54) is 4.90 Å². The van der Waals surface area contributed by atoms with Crippen LogP contribution in [0.1, 0.15) is 12.1 Å². The first-order valence-electron chi connectivity index (χ1n) is 7.18. The number of rotatable bonds is 2. The Labute approximate surface area is 127 Å². The van der Waals surface area contributed by atoms with Gasteiger partial charge in [-0.15, -0.1) is 0 Å². The second kappa shape index (κ2) is 5.32. The molecule has 0 aliphatic carbocycles. The van der Waals surface area contributed by atoms with Crippen LogP contribution >= 0.6 is 0 Å². The van der Waals surface area contributed by atoms with E-state index >= 15 is 0 Å². The first kappa shape index (κ1) is 14.4. The fraction of sp³-hybridized carbons (Fsp3) is 0.400. The molecule has 0 radical (unpaired) electrons. The Bertz CT molecular complexity index is 753. The molecule has 2 aromatic rings. The fourth-order valence-electron chi connectivity index (χ4n) is 2.86. The number of carbonyl (C=O) groups excluding carboxylic acids is 1. The number of urea groups is 1. The molecular formula is C15H18N4O3. The number of nitrogens with one attached hydrogen (secondary N) is 1. The summed E-state index contributed by atoms with van der Waals surface area (Å²) in [5.74, 6) is -1.31. The van der Waals surface area contributed by atoms with Crippen LogP contribution in [0.3, 0.4) is 0 Å². The maximum atomic E-state index is 12.2. The third-order valence-electron chi connectivity index (χ3n) is 4.11. The number of likely N-dealkylation sites (tertiary alicyclic amines) is 1. The molecule has 7 nitrogen and oxygen atoms in total. The van der Waals surface area contributed by atoms with E-state index in [-0.39, 0.29) is 12.6 Å². The average Bonchev–Trinajstić information content (AvgIpc) is 3.05. The smallest absolute Gasteiger partial charge is 0.321 e. The van der Waals surface area contributed by atoms with Crippen molar-refractivity contribution in [2.45, 2.75) is 13.3 Å². The van der Waals surface area contributed by atoms with E-state index in [4.69, 9.17) is 5.11 Å². The maximum Gasteiger partial charge on any atom is 0.321 e. The predicted molar refractivity (Wildman–Crippen MR) is 81.8 cm³/mol. The molecule has 2 N–H and O–H groups in total. The number of hydrogen-bond donors (Lipinski definition) is 2. The average molecular weight is 302 g/mol. The van der Waals surface area contributed by atoms with Crippen molar-refractivity contribution >= 4 is 28.6 Å². The zero-order valence-electron chi connectivity index (χ0n) is 12.5. The highest BCUT2D eigenvalue weighted by atomic mass is 16.4. The summed E-state index contributed by atoms with van der Waals surface area (Å²) in [6.07, 6.45) is 0.503. The number of fused-ring (bicyclic) bond motifs is 1. The molecule has 0 saturated carbocycles. The molecule has 1 aliphatic heterocycles. The normalized spacial score (nSPS) is 17.9. The molecule has 1 aromatic carbocycles. The standard InChI is InChI=1S/C15H18N4O3/c1-9-12-4-3-11(7-13(12)18(2)17-9)16-15(22)19-6-5-10(8-19)14(20)21/h3-4,7,10H,5-6,8H2,1-2H3,(H,16,22)(H,20,21). The number of anilines is 1. The predicted octanol–water partition coefficient (Wildman–Crippen LogP) is 1.82. The summed E-state index contributed by atoms with van der Waals surface area (Å²) in [4.78, 5) is 24.7. The minimum atomic E-state index is -0.845. The van der Waals surface area contributed by atoms with Crippen molar-refractivity contribution in [1.29, 1.82) is 0 Å². The van der Waals surface area contributed by atoms with Crippen LogP contribution in [0.25, 0.3) is 10.9 Å². The lowest BCUT2D eigenvalue weighted by molar-refractivity contribution is -0.141. The van der Waals surface area contributed by atoms with Gasteiger partial charge < -0.3 is 15.3 Å². The Balaban J connectivity index is 1.74. The summed E-state index contributed by atoms with van der Waals surface area (Å²) < 4.78 is 1.77. The van der Waals surface area contributed by atoms with E-state index in [9.17, 15) is 9.59 Å². The van der Waals surface area contributed by atoms with Gasteiger partial charge in [0.15, 0.2) is 0 Å². The van der Waals surface area contributed by atoms with Crippen molar-refractivity contribution in [1.82, 2.24) is 14.7 Å². The van der Waals surface area contributed by atoms with Crippen molar-refractivity contribution in [3.05, 3.63) is 23.9 Å². The van der Waals surface area contributed by atoms with Crippen molar-refractivity contribution in [2.24, 2.45) is 13.0 Å². The molecule has 0 spiro atoms. The summed E-state index contributed by atoms with van der Waals surface area (Å²) in [6.45, 7) is 2.67. The quantitative estimate of drug-likeness (QED) is 0.886. The molecule has 1 aliphatic rings. The number of carbonyl (C=O) groups is 2. The van der Waals surface area contributed by atoms with Crippen molar-refractivity contribution in [2.75, 3.05) is 18.4 Å². The SMILES string of the molecule is Cc1nn(C)c2cc(NC(=O)N3CCC(C(=O)O)C3)ccc12. The number of aryl methyl sites for hydroxylation is 2. The van der Waals surface area contributed by atoms with Gasteiger partial charge in [-0.2, -0.15) is 5.10 Å². The topological polar surface area (TPSA) is 87.5 Å². The van der Waals surface area contributed by atoms with Gasteiger partial charge >= 0.3 is 12.0 Å². The van der Waals surface area contributed by atoms with Gasteiger partial charge in [0.1, 0.15) is 0 Å². The van der Waals surface area contributed by atoms with E-state index in [1.807, 2.05) is 32.2 Å². The van der Waals surface area contributed by atoms with Crippen LogP contribution in [-0.4, -0.2) is 44.9 Å². The molecule has 1 saturated heterocycles. The number of nitrogens with zero attached hydrogens (tertiary/aromatic N) is 3. The Kier molecular flexibility index (Phi) is 3.48. The monoisotopic (exact) mass is 302 g/mol. The maximum absolute atomic E-state index is 12.2. The van der Waals surface area contributed by atoms with E-state index in [0.717, 1.165) is 16.6 Å². The molecule has 116 valence electrons. The highest BCUT2D eigenvalue weighted by Crippen LogP contribution is 2.23. The molecule has 1 fully saturated rings. The minimum Gasteiger partial charge on any atom is -0.481 e. The number of carboxylic acids is 1. The summed E-state index contributed by atoms with van der Waals surface area (Å²) >= 11 is 0. The van der Waals surface area contributed by atoms with Crippen LogP contribution < -0.4 is 5.32 Å². The van der Waals surface area contributed by atoms with Gasteiger partial charge in [0.2, 0.25) is 0 Å². The van der Waals surface area contributed by atoms with Crippen LogP contribution in [-0.2, 0) is 11.8 Å². The molecule has 2 amide bonds. The van der Waals surface area contributed by atoms with Crippen LogP contribution in [0, 0.1) is 12.8 Å². The Morgan fingerprint density at radius 1 is 1.41 bits per heavy atom. The van der Waals surface area contributed by atoms with E-state index in [1.54, 1.807) is 4.68 Å². The van der Waals surface area contributed by atoms with Gasteiger partial charge in [0.05, 0.1) is 17.1 Å². The van der Waals surface area contributed by atoms with E-state index in [0.29, 0.717) is 18.7 Å². The molecule has 1 aromatic heterocycles. The Hall–Kier alpha value is -2.57. The zero-order chi connectivity index (χ0) is 15.9. The molecule has 2 heterocycles. The first-order valence-corrected chi connectivity index (χ1v) is 7.18. The summed E-state index contributed by atoms with van der Waals surface area (Å²) in [5, 5.41) is 17.2. The molecular weight excluding hydrogens is 284 g/mol. The number of hydrogen-bond acceptors (Lipinski definition) is 3. The van der Waals surface area contributed by atoms with Gasteiger partial charge in [-0.3, -0.25) is 9.48 Å². The Morgan fingerprint density at radius 3 is 2.86 bits per heavy atom. The largest absolute Gasteiger partial charge is 0.481 e. The van der Waals surface area contributed by atoms with Gasteiger partial charge in [0.25, 0.3) is 0 Å². The lowest BCUT2D eigenvalue weighted by atomic mass is 10.1. The van der Waals surface area contributed by atoms with Crippen LogP contribution in [0.4, 0.5) is 10.5 Å². The fourth-order valence-corrected chi connectivity index (χ4v) is 2.86. The highest BCUT2D eigenvalue weighted by Gasteiger charge is 2.30. The van der Waals surface area contributed by atoms with Gasteiger partial charge in [-0.05, 0) is 31.5 Å². The van der Waals surface area contributed by atoms with Crippen LogP contribution in [0.5, 0.6) is 0 Å². The zero-order valence-corrected chi connectivity index (χ0v) is 12.5. The first-order chi connectivity index (χ1) is 10.5. The number of aliphatic carboxylic acids is 1. The van der Waals surface area contributed by atoms with E-state index in [2.05, 4.69) is 10.4 Å². The van der Waals surface area contributed by atoms with Crippen molar-refractivity contribution in [3.63, 3.8) is 0 Å². The minimum absolute atomic E-state index is 0.258. The number of carboxylic acid groups (broad SMARTS) is 1. The summed E-state index contributed by atoms with van der Waals surface area (Å²) in [6, 6.07) is 5.37. The van der Waals surface area contributed by atoms with Gasteiger partial charge in [-0.25, -0.2) is 4.79 Å². The second-order valence-corrected chi connectivity index (χ2v) is 5.64. The van der Waals surface area contributed by atoms with Gasteiger partial charge in [0, 0.05) is 31.2 Å². The molecule has 0 bridgehead atoms. The second-order valence-electron chi connectivity index (χ2n) is 5.64. The number of aromatic nitrogens is 2. The summed E-state index contributed by atoms with van der Waals surface area (Å²) in [5.41, 5.74) is 2.57. The molecule has 3 rings (SSSR count). The third kappa shape index (κ3) is 2.49. The molecule has 22 heavy (non-hydrogen) atoms. The van der Waals surface area contributed by atoms with Crippen molar-refractivity contribution in [3.8, 4) is 0 Å². The Morgan fingerprint density at radius 2 is 2.18 bits per heavy atom. The van der Waals surface area contributed by atoms with Crippen molar-refractivity contribution < 1.29 is 14.7 Å². The van der Waals surface area contributed by atoms with Gasteiger partial charge in [-0.1, -0.05) is 0 Å². The lowest BCUT2D eigenvalue weighted by Gasteiger charge is -2.16. The molecule has 1 atom stereocenters. The highest BCUT2D eigenvalue weighted by molar-refractivity contribution is 5.93. The molecule has 7 heteroatoms. The van der Waals surface area contributed by atoms with Crippen LogP contribution in [0.15, 0.2) is 18.2 Å². The van der Waals surface area contributed by atoms with Crippen LogP contribution in [0.2, 0.25) is 0 Å². The van der Waals surface area contributed by atoms with E-state index < -0.39 is 11.9 Å². The molecule has 1 unspecified atom stereocenters. The third-order valence-corrected chi connectivity index (χ3v) is 4.11.